The highest BCUT2D eigenvalue weighted by Gasteiger charge is 2.33. The van der Waals surface area contributed by atoms with Crippen molar-refractivity contribution in [1.29, 1.82) is 0 Å². The zero-order valence-electron chi connectivity index (χ0n) is 15.5. The van der Waals surface area contributed by atoms with Crippen LogP contribution in [0.1, 0.15) is 18.9 Å². The molecule has 1 fully saturated rings. The smallest absolute Gasteiger partial charge is 0.147 e. The summed E-state index contributed by atoms with van der Waals surface area (Å²) < 4.78 is 9.15. The van der Waals surface area contributed by atoms with Crippen LogP contribution in [0, 0.1) is 3.70 Å². The SMILES string of the molecule is Nc1ncnc2c1c(-c1ccc(Oc3ccccc3)cc1)c(I)n2[C@H]1C[C@@H](O)C1. The zero-order chi connectivity index (χ0) is 20.0. The molecule has 0 spiro atoms. The lowest BCUT2D eigenvalue weighted by molar-refractivity contribution is 0.0493. The zero-order valence-corrected chi connectivity index (χ0v) is 17.7. The normalized spacial score (nSPS) is 18.6. The number of aromatic nitrogens is 3. The number of rotatable bonds is 4. The predicted molar refractivity (Wildman–Crippen MR) is 121 cm³/mol. The third-order valence-electron chi connectivity index (χ3n) is 5.33. The molecule has 0 unspecified atom stereocenters. The summed E-state index contributed by atoms with van der Waals surface area (Å²) in [6.45, 7) is 0. The number of anilines is 1. The highest BCUT2D eigenvalue weighted by Crippen LogP contribution is 2.43. The fourth-order valence-corrected chi connectivity index (χ4v) is 5.01. The van der Waals surface area contributed by atoms with Gasteiger partial charge in [0.1, 0.15) is 29.3 Å². The summed E-state index contributed by atoms with van der Waals surface area (Å²) in [4.78, 5) is 8.73. The van der Waals surface area contributed by atoms with Crippen molar-refractivity contribution < 1.29 is 9.84 Å². The largest absolute Gasteiger partial charge is 0.457 e. The van der Waals surface area contributed by atoms with Crippen molar-refractivity contribution in [1.82, 2.24) is 14.5 Å². The first kappa shape index (κ1) is 18.4. The number of nitrogen functional groups attached to an aromatic ring is 1. The molecule has 29 heavy (non-hydrogen) atoms. The number of nitrogens with two attached hydrogens (primary N) is 1. The molecule has 1 aliphatic carbocycles. The number of benzene rings is 2. The van der Waals surface area contributed by atoms with Crippen LogP contribution in [0.15, 0.2) is 60.9 Å². The Hall–Kier alpha value is -2.65. The van der Waals surface area contributed by atoms with E-state index >= 15 is 0 Å². The Bertz CT molecular complexity index is 1170. The lowest BCUT2D eigenvalue weighted by Gasteiger charge is -2.33. The average Bonchev–Trinajstić information content (AvgIpc) is 3.00. The molecule has 2 heterocycles. The standard InChI is InChI=1S/C22H19IN4O2/c23-20-18(13-6-8-17(9-7-13)29-16-4-2-1-3-5-16)19-21(24)25-12-26-22(19)27(20)14-10-15(28)11-14/h1-9,12,14-15,28H,10-11H2,(H2,24,25,26)/t14-,15+. The second-order valence-corrected chi connectivity index (χ2v) is 8.23. The Balaban J connectivity index is 1.57. The van der Waals surface area contributed by atoms with E-state index in [9.17, 15) is 5.11 Å². The van der Waals surface area contributed by atoms with Gasteiger partial charge in [0.05, 0.1) is 15.2 Å². The Kier molecular flexibility index (Phi) is 4.63. The first-order chi connectivity index (χ1) is 14.1. The predicted octanol–water partition coefficient (Wildman–Crippen LogP) is 4.77. The number of fused-ring (bicyclic) bond motifs is 1. The highest BCUT2D eigenvalue weighted by molar-refractivity contribution is 14.1. The van der Waals surface area contributed by atoms with Gasteiger partial charge in [-0.05, 0) is 65.3 Å². The number of para-hydroxylation sites is 1. The lowest BCUT2D eigenvalue weighted by atomic mass is 9.89. The van der Waals surface area contributed by atoms with E-state index in [1.807, 2.05) is 54.6 Å². The molecule has 1 aliphatic rings. The quantitative estimate of drug-likeness (QED) is 0.396. The summed E-state index contributed by atoms with van der Waals surface area (Å²) in [6, 6.07) is 17.9. The van der Waals surface area contributed by atoms with Crippen molar-refractivity contribution in [3.8, 4) is 22.6 Å². The van der Waals surface area contributed by atoms with Crippen LogP contribution < -0.4 is 10.5 Å². The van der Waals surface area contributed by atoms with Crippen LogP contribution in [0.5, 0.6) is 11.5 Å². The maximum absolute atomic E-state index is 9.79. The summed E-state index contributed by atoms with van der Waals surface area (Å²) in [6.07, 6.45) is 2.71. The van der Waals surface area contributed by atoms with E-state index in [1.54, 1.807) is 0 Å². The molecular weight excluding hydrogens is 479 g/mol. The molecule has 0 amide bonds. The van der Waals surface area contributed by atoms with Gasteiger partial charge in [-0.2, -0.15) is 0 Å². The molecule has 7 heteroatoms. The number of aliphatic hydroxyl groups is 1. The molecule has 146 valence electrons. The summed E-state index contributed by atoms with van der Waals surface area (Å²) in [7, 11) is 0. The minimum absolute atomic E-state index is 0.225. The van der Waals surface area contributed by atoms with Gasteiger partial charge in [-0.15, -0.1) is 0 Å². The van der Waals surface area contributed by atoms with Crippen molar-refractivity contribution in [2.24, 2.45) is 0 Å². The third kappa shape index (κ3) is 3.24. The summed E-state index contributed by atoms with van der Waals surface area (Å²) in [5, 5.41) is 10.6. The molecule has 0 bridgehead atoms. The van der Waals surface area contributed by atoms with E-state index in [4.69, 9.17) is 10.5 Å². The molecule has 2 aromatic heterocycles. The second kappa shape index (κ2) is 7.31. The number of aliphatic hydroxyl groups excluding tert-OH is 1. The molecule has 0 radical (unpaired) electrons. The molecule has 0 atom stereocenters. The van der Waals surface area contributed by atoms with Crippen LogP contribution in [0.4, 0.5) is 5.82 Å². The van der Waals surface area contributed by atoms with Crippen molar-refractivity contribution in [3.63, 3.8) is 0 Å². The maximum Gasteiger partial charge on any atom is 0.147 e. The first-order valence-corrected chi connectivity index (χ1v) is 10.5. The van der Waals surface area contributed by atoms with E-state index in [-0.39, 0.29) is 12.1 Å². The second-order valence-electron chi connectivity index (χ2n) is 7.21. The average molecular weight is 498 g/mol. The van der Waals surface area contributed by atoms with E-state index in [0.717, 1.165) is 50.2 Å². The topological polar surface area (TPSA) is 86.2 Å². The van der Waals surface area contributed by atoms with E-state index in [2.05, 4.69) is 37.1 Å². The Labute approximate surface area is 181 Å². The maximum atomic E-state index is 9.79. The number of hydrogen-bond acceptors (Lipinski definition) is 5. The number of hydrogen-bond donors (Lipinski definition) is 2. The Morgan fingerprint density at radius 2 is 1.69 bits per heavy atom. The first-order valence-electron chi connectivity index (χ1n) is 9.43. The minimum Gasteiger partial charge on any atom is -0.457 e. The van der Waals surface area contributed by atoms with Crippen LogP contribution in [0.3, 0.4) is 0 Å². The summed E-state index contributed by atoms with van der Waals surface area (Å²) in [5.41, 5.74) is 9.12. The summed E-state index contributed by atoms with van der Waals surface area (Å²) in [5.74, 6) is 2.03. The number of ether oxygens (including phenoxy) is 1. The lowest BCUT2D eigenvalue weighted by Crippen LogP contribution is -2.31. The fourth-order valence-electron chi connectivity index (χ4n) is 3.81. The summed E-state index contributed by atoms with van der Waals surface area (Å²) >= 11 is 2.35. The van der Waals surface area contributed by atoms with E-state index in [1.165, 1.54) is 6.33 Å². The van der Waals surface area contributed by atoms with Crippen molar-refractivity contribution >= 4 is 39.4 Å². The molecule has 0 saturated heterocycles. The molecule has 1 saturated carbocycles. The van der Waals surface area contributed by atoms with Gasteiger partial charge < -0.3 is 20.1 Å². The minimum atomic E-state index is -0.245. The van der Waals surface area contributed by atoms with Crippen LogP contribution in [0.2, 0.25) is 0 Å². The van der Waals surface area contributed by atoms with Crippen molar-refractivity contribution in [2.45, 2.75) is 25.0 Å². The van der Waals surface area contributed by atoms with Gasteiger partial charge in [-0.25, -0.2) is 9.97 Å². The highest BCUT2D eigenvalue weighted by atomic mass is 127. The molecule has 5 rings (SSSR count). The van der Waals surface area contributed by atoms with Gasteiger partial charge in [0.2, 0.25) is 0 Å². The third-order valence-corrected chi connectivity index (χ3v) is 6.39. The van der Waals surface area contributed by atoms with Gasteiger partial charge in [0.25, 0.3) is 0 Å². The van der Waals surface area contributed by atoms with E-state index < -0.39 is 0 Å². The molecule has 6 nitrogen and oxygen atoms in total. The number of halogens is 1. The van der Waals surface area contributed by atoms with Crippen molar-refractivity contribution in [3.05, 3.63) is 64.6 Å². The van der Waals surface area contributed by atoms with Gasteiger partial charge in [0.15, 0.2) is 0 Å². The Morgan fingerprint density at radius 1 is 1.00 bits per heavy atom. The molecule has 3 N–H and O–H groups in total. The van der Waals surface area contributed by atoms with Gasteiger partial charge in [-0.3, -0.25) is 0 Å². The van der Waals surface area contributed by atoms with Crippen molar-refractivity contribution in [2.75, 3.05) is 5.73 Å². The molecular formula is C22H19IN4O2. The van der Waals surface area contributed by atoms with Gasteiger partial charge in [0, 0.05) is 11.6 Å². The number of nitrogens with zero attached hydrogens (tertiary/aromatic N) is 3. The van der Waals surface area contributed by atoms with Gasteiger partial charge in [-0.1, -0.05) is 30.3 Å². The molecule has 0 aliphatic heterocycles. The van der Waals surface area contributed by atoms with Crippen LogP contribution in [-0.4, -0.2) is 25.7 Å². The van der Waals surface area contributed by atoms with Crippen LogP contribution >= 0.6 is 22.6 Å². The fraction of sp³-hybridized carbons (Fsp3) is 0.182. The Morgan fingerprint density at radius 3 is 2.38 bits per heavy atom. The monoisotopic (exact) mass is 498 g/mol. The van der Waals surface area contributed by atoms with Crippen LogP contribution in [0.25, 0.3) is 22.2 Å². The molecule has 2 aromatic carbocycles. The molecule has 4 aromatic rings. The van der Waals surface area contributed by atoms with E-state index in [0.29, 0.717) is 5.82 Å². The van der Waals surface area contributed by atoms with Crippen LogP contribution in [-0.2, 0) is 0 Å². The van der Waals surface area contributed by atoms with Gasteiger partial charge >= 0.3 is 0 Å².